The highest BCUT2D eigenvalue weighted by Crippen LogP contribution is 2.22. The number of nitrogens with one attached hydrogen (secondary N) is 1. The zero-order chi connectivity index (χ0) is 11.6. The van der Waals surface area contributed by atoms with Gasteiger partial charge in [0.1, 0.15) is 10.3 Å². The lowest BCUT2D eigenvalue weighted by Gasteiger charge is -2.07. The minimum absolute atomic E-state index is 0.125. The van der Waals surface area contributed by atoms with Gasteiger partial charge in [-0.3, -0.25) is 4.79 Å². The summed E-state index contributed by atoms with van der Waals surface area (Å²) in [5.74, 6) is -1.20. The molecule has 0 radical (unpaired) electrons. The largest absolute Gasteiger partial charge is 0.480 e. The quantitative estimate of drug-likeness (QED) is 0.787. The molecular formula is C7H8INO4S2. The maximum atomic E-state index is 11.6. The van der Waals surface area contributed by atoms with Crippen LogP contribution >= 0.6 is 33.9 Å². The van der Waals surface area contributed by atoms with Crippen LogP contribution in [0.4, 0.5) is 0 Å². The summed E-state index contributed by atoms with van der Waals surface area (Å²) < 4.78 is 26.2. The summed E-state index contributed by atoms with van der Waals surface area (Å²) in [7, 11) is -3.70. The van der Waals surface area contributed by atoms with Gasteiger partial charge in [0.05, 0.1) is 2.88 Å². The molecule has 1 aromatic rings. The molecule has 0 spiro atoms. The molecule has 0 amide bonds. The van der Waals surface area contributed by atoms with E-state index in [0.717, 1.165) is 14.2 Å². The Morgan fingerprint density at radius 2 is 2.20 bits per heavy atom. The number of rotatable bonds is 4. The van der Waals surface area contributed by atoms with Crippen LogP contribution in [-0.2, 0) is 14.8 Å². The van der Waals surface area contributed by atoms with Gasteiger partial charge in [0, 0.05) is 0 Å². The van der Waals surface area contributed by atoms with Crippen LogP contribution < -0.4 is 4.72 Å². The minimum atomic E-state index is -3.70. The molecule has 1 rings (SSSR count). The normalized spacial score (nSPS) is 13.7. The van der Waals surface area contributed by atoms with E-state index in [4.69, 9.17) is 5.11 Å². The smallest absolute Gasteiger partial charge is 0.321 e. The first-order valence-electron chi connectivity index (χ1n) is 3.83. The summed E-state index contributed by atoms with van der Waals surface area (Å²) in [4.78, 5) is 10.5. The molecule has 15 heavy (non-hydrogen) atoms. The zero-order valence-electron chi connectivity index (χ0n) is 7.60. The van der Waals surface area contributed by atoms with Crippen LogP contribution in [-0.4, -0.2) is 25.5 Å². The Labute approximate surface area is 105 Å². The first-order valence-corrected chi connectivity index (χ1v) is 7.21. The molecule has 0 saturated carbocycles. The van der Waals surface area contributed by atoms with E-state index in [-0.39, 0.29) is 4.21 Å². The predicted octanol–water partition coefficient (Wildman–Crippen LogP) is 1.10. The number of hydrogen-bond donors (Lipinski definition) is 2. The summed E-state index contributed by atoms with van der Waals surface area (Å²) in [5, 5.41) is 8.57. The van der Waals surface area contributed by atoms with Crippen molar-refractivity contribution in [1.82, 2.24) is 4.72 Å². The maximum Gasteiger partial charge on any atom is 0.321 e. The first-order chi connectivity index (χ1) is 6.83. The second-order valence-corrected chi connectivity index (χ2v) is 7.66. The summed E-state index contributed by atoms with van der Waals surface area (Å²) in [5.41, 5.74) is 0. The number of halogens is 1. The van der Waals surface area contributed by atoms with Crippen molar-refractivity contribution >= 4 is 49.9 Å². The molecule has 0 aliphatic rings. The van der Waals surface area contributed by atoms with Crippen molar-refractivity contribution in [2.75, 3.05) is 0 Å². The van der Waals surface area contributed by atoms with Crippen molar-refractivity contribution in [3.05, 3.63) is 15.0 Å². The molecule has 0 aromatic carbocycles. The second-order valence-electron chi connectivity index (χ2n) is 2.74. The molecule has 0 bridgehead atoms. The molecule has 1 heterocycles. The van der Waals surface area contributed by atoms with Crippen LogP contribution in [0, 0.1) is 2.88 Å². The number of carbonyl (C=O) groups is 1. The Bertz CT molecular complexity index is 467. The highest BCUT2D eigenvalue weighted by atomic mass is 127. The van der Waals surface area contributed by atoms with Gasteiger partial charge in [0.15, 0.2) is 0 Å². The molecule has 5 nitrogen and oxygen atoms in total. The fraction of sp³-hybridized carbons (Fsp3) is 0.286. The van der Waals surface area contributed by atoms with E-state index in [1.807, 2.05) is 22.6 Å². The lowest BCUT2D eigenvalue weighted by molar-refractivity contribution is -0.138. The van der Waals surface area contributed by atoms with Gasteiger partial charge in [-0.25, -0.2) is 8.42 Å². The third-order valence-electron chi connectivity index (χ3n) is 1.52. The van der Waals surface area contributed by atoms with Crippen LogP contribution in [0.15, 0.2) is 16.3 Å². The summed E-state index contributed by atoms with van der Waals surface area (Å²) in [6.45, 7) is 1.28. The Morgan fingerprint density at radius 3 is 2.60 bits per heavy atom. The average molecular weight is 361 g/mol. The van der Waals surface area contributed by atoms with E-state index >= 15 is 0 Å². The summed E-state index contributed by atoms with van der Waals surface area (Å²) >= 11 is 3.09. The fourth-order valence-corrected chi connectivity index (χ4v) is 4.37. The molecule has 2 N–H and O–H groups in total. The van der Waals surface area contributed by atoms with E-state index in [1.54, 1.807) is 6.07 Å². The average Bonchev–Trinajstić information content (AvgIpc) is 2.51. The summed E-state index contributed by atoms with van der Waals surface area (Å²) in [6.07, 6.45) is 0. The van der Waals surface area contributed by atoms with Crippen LogP contribution in [0.1, 0.15) is 6.92 Å². The van der Waals surface area contributed by atoms with Crippen molar-refractivity contribution in [1.29, 1.82) is 0 Å². The monoisotopic (exact) mass is 361 g/mol. The Hall–Kier alpha value is -0.190. The molecule has 0 saturated heterocycles. The van der Waals surface area contributed by atoms with Crippen molar-refractivity contribution in [2.45, 2.75) is 17.2 Å². The van der Waals surface area contributed by atoms with E-state index < -0.39 is 22.0 Å². The molecule has 0 aliphatic carbocycles. The molecule has 8 heteroatoms. The maximum absolute atomic E-state index is 11.6. The van der Waals surface area contributed by atoms with Crippen LogP contribution in [0.3, 0.4) is 0 Å². The Kier molecular flexibility index (Phi) is 4.09. The second kappa shape index (κ2) is 4.76. The minimum Gasteiger partial charge on any atom is -0.480 e. The van der Waals surface area contributed by atoms with E-state index in [2.05, 4.69) is 4.72 Å². The topological polar surface area (TPSA) is 83.5 Å². The van der Waals surface area contributed by atoms with Crippen LogP contribution in [0.2, 0.25) is 0 Å². The van der Waals surface area contributed by atoms with E-state index in [9.17, 15) is 13.2 Å². The lowest BCUT2D eigenvalue weighted by Crippen LogP contribution is -2.37. The fourth-order valence-electron chi connectivity index (χ4n) is 0.783. The van der Waals surface area contributed by atoms with Crippen molar-refractivity contribution < 1.29 is 18.3 Å². The Morgan fingerprint density at radius 1 is 1.60 bits per heavy atom. The van der Waals surface area contributed by atoms with Gasteiger partial charge in [-0.15, -0.1) is 11.3 Å². The number of carboxylic acids is 1. The summed E-state index contributed by atoms with van der Waals surface area (Å²) in [6, 6.07) is 1.98. The lowest BCUT2D eigenvalue weighted by atomic mass is 10.4. The molecule has 1 aromatic heterocycles. The number of thiophene rings is 1. The van der Waals surface area contributed by atoms with Crippen molar-refractivity contribution in [2.24, 2.45) is 0 Å². The van der Waals surface area contributed by atoms with Crippen LogP contribution in [0.5, 0.6) is 0 Å². The van der Waals surface area contributed by atoms with Gasteiger partial charge in [0.25, 0.3) is 10.0 Å². The standard InChI is InChI=1S/C7H8INO4S2/c1-4(7(10)11)9-15(12,13)6-3-2-5(8)14-6/h2-4,9H,1H3,(H,10,11)/t4-/m0/s1. The number of hydrogen-bond acceptors (Lipinski definition) is 4. The third-order valence-corrected chi connectivity index (χ3v) is 5.44. The molecule has 1 atom stereocenters. The number of carboxylic acid groups (broad SMARTS) is 1. The molecule has 0 aliphatic heterocycles. The third kappa shape index (κ3) is 3.40. The SMILES string of the molecule is C[C@H](NS(=O)(=O)c1ccc(I)s1)C(=O)O. The highest BCUT2D eigenvalue weighted by molar-refractivity contribution is 14.1. The molecule has 0 fully saturated rings. The predicted molar refractivity (Wildman–Crippen MR) is 64.5 cm³/mol. The van der Waals surface area contributed by atoms with Gasteiger partial charge >= 0.3 is 5.97 Å². The van der Waals surface area contributed by atoms with E-state index in [1.165, 1.54) is 13.0 Å². The van der Waals surface area contributed by atoms with Gasteiger partial charge in [-0.1, -0.05) is 0 Å². The van der Waals surface area contributed by atoms with Crippen LogP contribution in [0.25, 0.3) is 0 Å². The number of sulfonamides is 1. The Balaban J connectivity index is 2.90. The van der Waals surface area contributed by atoms with Crippen molar-refractivity contribution in [3.63, 3.8) is 0 Å². The van der Waals surface area contributed by atoms with Gasteiger partial charge in [-0.05, 0) is 41.6 Å². The number of aliphatic carboxylic acids is 1. The molecule has 0 unspecified atom stereocenters. The highest BCUT2D eigenvalue weighted by Gasteiger charge is 2.22. The van der Waals surface area contributed by atoms with E-state index in [0.29, 0.717) is 0 Å². The first kappa shape index (κ1) is 12.9. The van der Waals surface area contributed by atoms with Crippen molar-refractivity contribution in [3.8, 4) is 0 Å². The van der Waals surface area contributed by atoms with Gasteiger partial charge < -0.3 is 5.11 Å². The van der Waals surface area contributed by atoms with Gasteiger partial charge in [0.2, 0.25) is 0 Å². The molecule has 84 valence electrons. The zero-order valence-corrected chi connectivity index (χ0v) is 11.4. The van der Waals surface area contributed by atoms with Gasteiger partial charge in [-0.2, -0.15) is 4.72 Å². The molecular weight excluding hydrogens is 353 g/mol.